The molecule has 1 saturated heterocycles. The third kappa shape index (κ3) is 4.23. The van der Waals surface area contributed by atoms with Crippen LogP contribution < -0.4 is 4.74 Å². The maximum atomic E-state index is 6.06. The molecule has 21 heavy (non-hydrogen) atoms. The summed E-state index contributed by atoms with van der Waals surface area (Å²) >= 11 is 3.65. The van der Waals surface area contributed by atoms with Gasteiger partial charge in [0.15, 0.2) is 0 Å². The van der Waals surface area contributed by atoms with Crippen molar-refractivity contribution in [2.75, 3.05) is 25.2 Å². The summed E-state index contributed by atoms with van der Waals surface area (Å²) < 4.78 is 11.5. The Kier molecular flexibility index (Phi) is 5.73. The van der Waals surface area contributed by atoms with Gasteiger partial charge in [-0.1, -0.05) is 48.8 Å². The molecule has 0 N–H and O–H groups in total. The summed E-state index contributed by atoms with van der Waals surface area (Å²) in [5.74, 6) is 0.970. The van der Waals surface area contributed by atoms with Crippen molar-refractivity contribution in [3.63, 3.8) is 0 Å². The van der Waals surface area contributed by atoms with Gasteiger partial charge in [0.05, 0.1) is 6.61 Å². The first-order chi connectivity index (χ1) is 10.0. The zero-order valence-electron chi connectivity index (χ0n) is 13.5. The zero-order valence-corrected chi connectivity index (χ0v) is 15.0. The van der Waals surface area contributed by atoms with Gasteiger partial charge in [-0.15, -0.1) is 0 Å². The normalized spacial score (nSPS) is 18.5. The molecule has 1 aliphatic rings. The summed E-state index contributed by atoms with van der Waals surface area (Å²) in [6, 6.07) is 8.61. The van der Waals surface area contributed by atoms with Crippen molar-refractivity contribution in [1.29, 1.82) is 0 Å². The highest BCUT2D eigenvalue weighted by molar-refractivity contribution is 9.09. The number of benzene rings is 1. The molecule has 0 spiro atoms. The predicted octanol–water partition coefficient (Wildman–Crippen LogP) is 4.94. The van der Waals surface area contributed by atoms with E-state index in [1.807, 2.05) is 0 Å². The fourth-order valence-corrected chi connectivity index (χ4v) is 3.29. The van der Waals surface area contributed by atoms with Crippen molar-refractivity contribution in [2.45, 2.75) is 45.4 Å². The number of alkyl halides is 1. The molecule has 1 heterocycles. The second-order valence-corrected chi connectivity index (χ2v) is 7.36. The van der Waals surface area contributed by atoms with Gasteiger partial charge in [0.1, 0.15) is 5.75 Å². The first kappa shape index (κ1) is 16.8. The molecule has 0 bridgehead atoms. The van der Waals surface area contributed by atoms with Gasteiger partial charge in [-0.2, -0.15) is 0 Å². The first-order valence-electron chi connectivity index (χ1n) is 7.88. The molecule has 0 unspecified atom stereocenters. The van der Waals surface area contributed by atoms with E-state index in [0.29, 0.717) is 0 Å². The van der Waals surface area contributed by atoms with E-state index in [-0.39, 0.29) is 10.8 Å². The van der Waals surface area contributed by atoms with Gasteiger partial charge in [-0.05, 0) is 42.4 Å². The summed E-state index contributed by atoms with van der Waals surface area (Å²) in [7, 11) is 0. The molecule has 0 aliphatic carbocycles. The van der Waals surface area contributed by atoms with Crippen molar-refractivity contribution < 1.29 is 9.47 Å². The summed E-state index contributed by atoms with van der Waals surface area (Å²) in [6.45, 7) is 9.25. The van der Waals surface area contributed by atoms with E-state index in [4.69, 9.17) is 9.47 Å². The fourth-order valence-electron chi connectivity index (χ4n) is 2.56. The molecule has 0 atom stereocenters. The molecule has 1 aromatic rings. The summed E-state index contributed by atoms with van der Waals surface area (Å²) in [5.41, 5.74) is 1.83. The molecule has 3 heteroatoms. The monoisotopic (exact) mass is 354 g/mol. The third-order valence-corrected chi connectivity index (χ3v) is 6.09. The molecule has 0 radical (unpaired) electrons. The maximum Gasteiger partial charge on any atom is 0.119 e. The Balaban J connectivity index is 1.97. The molecular weight excluding hydrogens is 328 g/mol. The van der Waals surface area contributed by atoms with Gasteiger partial charge in [-0.25, -0.2) is 0 Å². The second-order valence-electron chi connectivity index (χ2n) is 6.80. The van der Waals surface area contributed by atoms with Crippen LogP contribution in [0.25, 0.3) is 0 Å². The van der Waals surface area contributed by atoms with E-state index < -0.39 is 0 Å². The lowest BCUT2D eigenvalue weighted by molar-refractivity contribution is 0.00354. The minimum absolute atomic E-state index is 0.222. The second kappa shape index (κ2) is 7.15. The standard InChI is InChI=1S/C18H27BrO2/c1-4-17(2,3)15-5-7-16(8-6-15)21-14-18(13-19)9-11-20-12-10-18/h5-8H,4,9-14H2,1-3H3. The lowest BCUT2D eigenvalue weighted by Crippen LogP contribution is -2.36. The zero-order chi connectivity index (χ0) is 15.3. The van der Waals surface area contributed by atoms with Crippen LogP contribution in [-0.2, 0) is 10.2 Å². The van der Waals surface area contributed by atoms with Gasteiger partial charge in [0.25, 0.3) is 0 Å². The van der Waals surface area contributed by atoms with E-state index >= 15 is 0 Å². The first-order valence-corrected chi connectivity index (χ1v) is 9.01. The Labute approximate surface area is 137 Å². The Hall–Kier alpha value is -0.540. The number of ether oxygens (including phenoxy) is 2. The van der Waals surface area contributed by atoms with E-state index in [9.17, 15) is 0 Å². The van der Waals surface area contributed by atoms with Crippen LogP contribution in [0.3, 0.4) is 0 Å². The highest BCUT2D eigenvalue weighted by Gasteiger charge is 2.32. The third-order valence-electron chi connectivity index (χ3n) is 4.90. The molecule has 1 aliphatic heterocycles. The Bertz CT molecular complexity index is 433. The largest absolute Gasteiger partial charge is 0.493 e. The molecule has 2 rings (SSSR count). The lowest BCUT2D eigenvalue weighted by atomic mass is 9.82. The quantitative estimate of drug-likeness (QED) is 0.673. The van der Waals surface area contributed by atoms with Gasteiger partial charge < -0.3 is 9.47 Å². The van der Waals surface area contributed by atoms with Crippen LogP contribution in [0.1, 0.15) is 45.6 Å². The summed E-state index contributed by atoms with van der Waals surface area (Å²) in [5, 5.41) is 0.976. The topological polar surface area (TPSA) is 18.5 Å². The van der Waals surface area contributed by atoms with Crippen LogP contribution >= 0.6 is 15.9 Å². The van der Waals surface area contributed by atoms with Crippen molar-refractivity contribution in [3.05, 3.63) is 29.8 Å². The van der Waals surface area contributed by atoms with Crippen LogP contribution in [0.2, 0.25) is 0 Å². The SMILES string of the molecule is CCC(C)(C)c1ccc(OCC2(CBr)CCOCC2)cc1. The highest BCUT2D eigenvalue weighted by Crippen LogP contribution is 2.34. The Morgan fingerprint density at radius 3 is 2.33 bits per heavy atom. The van der Waals surface area contributed by atoms with E-state index in [0.717, 1.165) is 50.2 Å². The molecular formula is C18H27BrO2. The molecule has 118 valence electrons. The van der Waals surface area contributed by atoms with Gasteiger partial charge in [-0.3, -0.25) is 0 Å². The van der Waals surface area contributed by atoms with Crippen molar-refractivity contribution in [1.82, 2.24) is 0 Å². The average Bonchev–Trinajstić information content (AvgIpc) is 2.54. The minimum Gasteiger partial charge on any atom is -0.493 e. The minimum atomic E-state index is 0.222. The average molecular weight is 355 g/mol. The molecule has 1 fully saturated rings. The lowest BCUT2D eigenvalue weighted by Gasteiger charge is -2.35. The van der Waals surface area contributed by atoms with Crippen LogP contribution in [0, 0.1) is 5.41 Å². The van der Waals surface area contributed by atoms with E-state index in [2.05, 4.69) is 61.0 Å². The Morgan fingerprint density at radius 2 is 1.81 bits per heavy atom. The molecule has 0 amide bonds. The fraction of sp³-hybridized carbons (Fsp3) is 0.667. The van der Waals surface area contributed by atoms with E-state index in [1.54, 1.807) is 0 Å². The summed E-state index contributed by atoms with van der Waals surface area (Å²) in [6.07, 6.45) is 3.28. The maximum absolute atomic E-state index is 6.06. The molecule has 0 aromatic heterocycles. The van der Waals surface area contributed by atoms with Crippen molar-refractivity contribution in [2.24, 2.45) is 5.41 Å². The number of halogens is 1. The summed E-state index contributed by atoms with van der Waals surface area (Å²) in [4.78, 5) is 0. The highest BCUT2D eigenvalue weighted by atomic mass is 79.9. The van der Waals surface area contributed by atoms with E-state index in [1.165, 1.54) is 5.56 Å². The number of hydrogen-bond acceptors (Lipinski definition) is 2. The smallest absolute Gasteiger partial charge is 0.119 e. The molecule has 1 aromatic carbocycles. The van der Waals surface area contributed by atoms with Crippen molar-refractivity contribution in [3.8, 4) is 5.75 Å². The van der Waals surface area contributed by atoms with Gasteiger partial charge >= 0.3 is 0 Å². The van der Waals surface area contributed by atoms with Crippen LogP contribution in [0.5, 0.6) is 5.75 Å². The number of rotatable bonds is 6. The van der Waals surface area contributed by atoms with Crippen molar-refractivity contribution >= 4 is 15.9 Å². The molecule has 2 nitrogen and oxygen atoms in total. The number of hydrogen-bond donors (Lipinski definition) is 0. The predicted molar refractivity (Wildman–Crippen MR) is 91.5 cm³/mol. The van der Waals surface area contributed by atoms with Crippen LogP contribution in [-0.4, -0.2) is 25.2 Å². The van der Waals surface area contributed by atoms with Gasteiger partial charge in [0.2, 0.25) is 0 Å². The molecule has 0 saturated carbocycles. The Morgan fingerprint density at radius 1 is 1.19 bits per heavy atom. The van der Waals surface area contributed by atoms with Crippen LogP contribution in [0.15, 0.2) is 24.3 Å². The van der Waals surface area contributed by atoms with Gasteiger partial charge in [0, 0.05) is 24.0 Å². The van der Waals surface area contributed by atoms with Crippen LogP contribution in [0.4, 0.5) is 0 Å².